The zero-order valence-corrected chi connectivity index (χ0v) is 18.2. The van der Waals surface area contributed by atoms with E-state index in [1.165, 1.54) is 12.7 Å². The van der Waals surface area contributed by atoms with Crippen LogP contribution in [0.2, 0.25) is 0 Å². The van der Waals surface area contributed by atoms with Gasteiger partial charge in [0, 0.05) is 25.7 Å². The van der Waals surface area contributed by atoms with Crippen LogP contribution in [0.4, 0.5) is 0 Å². The van der Waals surface area contributed by atoms with E-state index in [0.717, 1.165) is 32.5 Å². The minimum Gasteiger partial charge on any atom is -0.506 e. The Morgan fingerprint density at radius 3 is 2.52 bits per heavy atom. The summed E-state index contributed by atoms with van der Waals surface area (Å²) in [5, 5.41) is 13.4. The topological polar surface area (TPSA) is 61.8 Å². The van der Waals surface area contributed by atoms with E-state index in [2.05, 4.69) is 66.3 Å². The molecule has 2 N–H and O–H groups in total. The van der Waals surface area contributed by atoms with Crippen molar-refractivity contribution in [3.63, 3.8) is 0 Å². The molecule has 0 unspecified atom stereocenters. The number of amides is 1. The summed E-state index contributed by atoms with van der Waals surface area (Å²) in [6.45, 7) is 2.77. The minimum atomic E-state index is -0.326. The third kappa shape index (κ3) is 4.83. The predicted molar refractivity (Wildman–Crippen MR) is 112 cm³/mol. The summed E-state index contributed by atoms with van der Waals surface area (Å²) < 4.78 is 6.36. The number of phenols is 1. The predicted octanol–water partition coefficient (Wildman–Crippen LogP) is 4.32. The van der Waals surface area contributed by atoms with Gasteiger partial charge in [0.25, 0.3) is 5.91 Å². The lowest BCUT2D eigenvalue weighted by Gasteiger charge is -2.32. The molecular weight excluding hydrogens is 476 g/mol. The van der Waals surface area contributed by atoms with Gasteiger partial charge in [-0.15, -0.1) is 0 Å². The summed E-state index contributed by atoms with van der Waals surface area (Å²) in [5.74, 6) is -0.114. The molecule has 1 amide bonds. The molecule has 0 aromatic heterocycles. The number of nitrogens with one attached hydrogen (secondary N) is 1. The van der Waals surface area contributed by atoms with Crippen LogP contribution < -0.4 is 10.1 Å². The second kappa shape index (κ2) is 9.08. The maximum atomic E-state index is 12.8. The van der Waals surface area contributed by atoms with Crippen molar-refractivity contribution >= 4 is 37.8 Å². The maximum absolute atomic E-state index is 12.8. The number of carbonyl (C=O) groups excluding carboxylic acids is 1. The number of hydrogen-bond donors (Lipinski definition) is 2. The van der Waals surface area contributed by atoms with Crippen LogP contribution in [0, 0.1) is 0 Å². The van der Waals surface area contributed by atoms with Gasteiger partial charge in [-0.25, -0.2) is 0 Å². The zero-order chi connectivity index (χ0) is 19.4. The number of rotatable bonds is 5. The van der Waals surface area contributed by atoms with Crippen molar-refractivity contribution in [1.82, 2.24) is 10.2 Å². The highest BCUT2D eigenvalue weighted by atomic mass is 79.9. The van der Waals surface area contributed by atoms with Gasteiger partial charge in [-0.2, -0.15) is 0 Å². The van der Waals surface area contributed by atoms with Gasteiger partial charge in [-0.05, 0) is 56.3 Å². The highest BCUT2D eigenvalue weighted by Crippen LogP contribution is 2.40. The number of likely N-dealkylation sites (tertiary alicyclic amines) is 1. The lowest BCUT2D eigenvalue weighted by molar-refractivity contribution is 0.0903. The normalized spacial score (nSPS) is 15.5. The van der Waals surface area contributed by atoms with Crippen LogP contribution in [0.25, 0.3) is 0 Å². The number of aromatic hydroxyl groups is 1. The Labute approximate surface area is 176 Å². The summed E-state index contributed by atoms with van der Waals surface area (Å²) in [4.78, 5) is 15.2. The standard InChI is InChI=1S/C20H22Br2N2O3/c1-27-19-16(22)11-15(21)18(25)17(19)20(26)23-14-7-9-24(10-8-14)12-13-5-3-2-4-6-13/h2-6,11,14,25H,7-10,12H2,1H3,(H,23,26). The van der Waals surface area contributed by atoms with Crippen molar-refractivity contribution < 1.29 is 14.6 Å². The highest BCUT2D eigenvalue weighted by molar-refractivity contribution is 9.11. The molecule has 0 aliphatic carbocycles. The molecule has 1 fully saturated rings. The number of methoxy groups -OCH3 is 1. The zero-order valence-electron chi connectivity index (χ0n) is 15.0. The van der Waals surface area contributed by atoms with E-state index >= 15 is 0 Å². The molecule has 1 aliphatic heterocycles. The molecule has 1 heterocycles. The fraction of sp³-hybridized carbons (Fsp3) is 0.350. The van der Waals surface area contributed by atoms with Gasteiger partial charge >= 0.3 is 0 Å². The monoisotopic (exact) mass is 496 g/mol. The van der Waals surface area contributed by atoms with E-state index in [1.54, 1.807) is 6.07 Å². The number of nitrogens with zero attached hydrogens (tertiary/aromatic N) is 1. The largest absolute Gasteiger partial charge is 0.506 e. The maximum Gasteiger partial charge on any atom is 0.259 e. The van der Waals surface area contributed by atoms with Crippen molar-refractivity contribution in [2.75, 3.05) is 20.2 Å². The lowest BCUT2D eigenvalue weighted by Crippen LogP contribution is -2.44. The molecule has 1 saturated heterocycles. The summed E-state index contributed by atoms with van der Waals surface area (Å²) in [5.41, 5.74) is 1.44. The van der Waals surface area contributed by atoms with Crippen LogP contribution in [0.5, 0.6) is 11.5 Å². The molecule has 2 aromatic rings. The summed E-state index contributed by atoms with van der Waals surface area (Å²) >= 11 is 6.64. The van der Waals surface area contributed by atoms with Gasteiger partial charge in [-0.3, -0.25) is 9.69 Å². The van der Waals surface area contributed by atoms with Crippen molar-refractivity contribution in [2.24, 2.45) is 0 Å². The Hall–Kier alpha value is -1.57. The number of carbonyl (C=O) groups is 1. The molecule has 2 aromatic carbocycles. The van der Waals surface area contributed by atoms with Crippen LogP contribution in [0.15, 0.2) is 45.3 Å². The fourth-order valence-electron chi connectivity index (χ4n) is 3.34. The van der Waals surface area contributed by atoms with Crippen LogP contribution in [0.1, 0.15) is 28.8 Å². The van der Waals surface area contributed by atoms with E-state index < -0.39 is 0 Å². The number of piperidine rings is 1. The SMILES string of the molecule is COc1c(Br)cc(Br)c(O)c1C(=O)NC1CCN(Cc2ccccc2)CC1. The van der Waals surface area contributed by atoms with Crippen molar-refractivity contribution in [3.05, 3.63) is 56.5 Å². The average Bonchev–Trinajstić information content (AvgIpc) is 2.66. The van der Waals surface area contributed by atoms with Gasteiger partial charge in [0.15, 0.2) is 0 Å². The Morgan fingerprint density at radius 1 is 1.22 bits per heavy atom. The Kier molecular flexibility index (Phi) is 6.78. The molecule has 7 heteroatoms. The first-order chi connectivity index (χ1) is 13.0. The molecule has 0 atom stereocenters. The first-order valence-corrected chi connectivity index (χ1v) is 10.4. The van der Waals surface area contributed by atoms with Crippen LogP contribution in [0.3, 0.4) is 0 Å². The van der Waals surface area contributed by atoms with E-state index in [4.69, 9.17) is 4.74 Å². The van der Waals surface area contributed by atoms with E-state index in [-0.39, 0.29) is 23.3 Å². The van der Waals surface area contributed by atoms with Crippen LogP contribution in [-0.4, -0.2) is 42.2 Å². The Bertz CT molecular complexity index is 807. The number of benzene rings is 2. The quantitative estimate of drug-likeness (QED) is 0.645. The smallest absolute Gasteiger partial charge is 0.259 e. The van der Waals surface area contributed by atoms with Crippen LogP contribution >= 0.6 is 31.9 Å². The van der Waals surface area contributed by atoms with E-state index in [9.17, 15) is 9.90 Å². The second-order valence-electron chi connectivity index (χ2n) is 6.61. The Morgan fingerprint density at radius 2 is 1.89 bits per heavy atom. The van der Waals surface area contributed by atoms with E-state index in [1.807, 2.05) is 6.07 Å². The van der Waals surface area contributed by atoms with Crippen molar-refractivity contribution in [2.45, 2.75) is 25.4 Å². The van der Waals surface area contributed by atoms with Gasteiger partial charge in [-0.1, -0.05) is 30.3 Å². The molecule has 144 valence electrons. The van der Waals surface area contributed by atoms with Crippen molar-refractivity contribution in [1.29, 1.82) is 0 Å². The molecular formula is C20H22Br2N2O3. The van der Waals surface area contributed by atoms with Crippen LogP contribution in [-0.2, 0) is 6.54 Å². The van der Waals surface area contributed by atoms with E-state index in [0.29, 0.717) is 14.7 Å². The molecule has 0 saturated carbocycles. The first-order valence-electron chi connectivity index (χ1n) is 8.81. The average molecular weight is 498 g/mol. The first kappa shape index (κ1) is 20.2. The number of phenolic OH excluding ortho intramolecular Hbond substituents is 1. The molecule has 0 spiro atoms. The third-order valence-corrected chi connectivity index (χ3v) is 5.96. The second-order valence-corrected chi connectivity index (χ2v) is 8.32. The molecule has 0 radical (unpaired) electrons. The summed E-state index contributed by atoms with van der Waals surface area (Å²) in [7, 11) is 1.48. The number of hydrogen-bond acceptors (Lipinski definition) is 4. The molecule has 27 heavy (non-hydrogen) atoms. The highest BCUT2D eigenvalue weighted by Gasteiger charge is 2.26. The number of halogens is 2. The summed E-state index contributed by atoms with van der Waals surface area (Å²) in [6, 6.07) is 12.1. The van der Waals surface area contributed by atoms with Gasteiger partial charge in [0.2, 0.25) is 0 Å². The number of ether oxygens (including phenoxy) is 1. The lowest BCUT2D eigenvalue weighted by atomic mass is 10.0. The molecule has 3 rings (SSSR count). The van der Waals surface area contributed by atoms with Crippen molar-refractivity contribution in [3.8, 4) is 11.5 Å². The molecule has 5 nitrogen and oxygen atoms in total. The minimum absolute atomic E-state index is 0.0754. The molecule has 1 aliphatic rings. The van der Waals surface area contributed by atoms with Gasteiger partial charge in [0.05, 0.1) is 16.1 Å². The summed E-state index contributed by atoms with van der Waals surface area (Å²) in [6.07, 6.45) is 1.74. The fourth-order valence-corrected chi connectivity index (χ4v) is 4.66. The third-order valence-electron chi connectivity index (χ3n) is 4.76. The van der Waals surface area contributed by atoms with Gasteiger partial charge in [0.1, 0.15) is 17.1 Å². The Balaban J connectivity index is 1.62. The van der Waals surface area contributed by atoms with Gasteiger partial charge < -0.3 is 15.2 Å². The molecule has 0 bridgehead atoms.